The smallest absolute Gasteiger partial charge is 0.347 e. The van der Waals surface area contributed by atoms with Crippen LogP contribution in [-0.4, -0.2) is 43.5 Å². The molecule has 0 aromatic heterocycles. The molecule has 0 bridgehead atoms. The normalized spacial score (nSPS) is 24.4. The van der Waals surface area contributed by atoms with Gasteiger partial charge >= 0.3 is 12.4 Å². The van der Waals surface area contributed by atoms with Gasteiger partial charge in [0.2, 0.25) is 0 Å². The van der Waals surface area contributed by atoms with Crippen molar-refractivity contribution in [2.75, 3.05) is 32.8 Å². The lowest BCUT2D eigenvalue weighted by molar-refractivity contribution is -0.293. The van der Waals surface area contributed by atoms with Gasteiger partial charge in [0, 0.05) is 19.5 Å². The Labute approximate surface area is 210 Å². The fourth-order valence-electron chi connectivity index (χ4n) is 4.97. The first-order valence-electron chi connectivity index (χ1n) is 12.2. The van der Waals surface area contributed by atoms with Crippen LogP contribution in [0.4, 0.5) is 30.7 Å². The van der Waals surface area contributed by atoms with E-state index in [4.69, 9.17) is 9.47 Å². The molecular weight excluding hydrogens is 505 g/mol. The van der Waals surface area contributed by atoms with E-state index in [-0.39, 0.29) is 18.2 Å². The topological polar surface area (TPSA) is 33.7 Å². The van der Waals surface area contributed by atoms with Crippen LogP contribution < -0.4 is 5.32 Å². The summed E-state index contributed by atoms with van der Waals surface area (Å²) in [7, 11) is 0. The van der Waals surface area contributed by atoms with Crippen LogP contribution >= 0.6 is 0 Å². The van der Waals surface area contributed by atoms with Gasteiger partial charge in [-0.1, -0.05) is 12.1 Å². The van der Waals surface area contributed by atoms with E-state index in [0.29, 0.717) is 37.2 Å². The molecule has 2 aromatic carbocycles. The highest BCUT2D eigenvalue weighted by Gasteiger charge is 2.46. The maximum absolute atomic E-state index is 13.6. The number of alkyl halides is 6. The van der Waals surface area contributed by atoms with Crippen LogP contribution in [0, 0.1) is 5.82 Å². The molecule has 2 saturated heterocycles. The second-order valence-electron chi connectivity index (χ2n) is 9.50. The monoisotopic (exact) mass is 534 g/mol. The van der Waals surface area contributed by atoms with Gasteiger partial charge in [-0.15, -0.1) is 0 Å². The van der Waals surface area contributed by atoms with Crippen molar-refractivity contribution in [3.63, 3.8) is 0 Å². The van der Waals surface area contributed by atoms with E-state index >= 15 is 0 Å². The lowest BCUT2D eigenvalue weighted by Gasteiger charge is -2.46. The maximum atomic E-state index is 13.6. The zero-order valence-corrected chi connectivity index (χ0v) is 20.3. The second-order valence-corrected chi connectivity index (χ2v) is 9.50. The predicted octanol–water partition coefficient (Wildman–Crippen LogP) is 6.48. The molecule has 3 atom stereocenters. The summed E-state index contributed by atoms with van der Waals surface area (Å²) >= 11 is 0. The number of rotatable bonds is 7. The Kier molecular flexibility index (Phi) is 8.18. The molecule has 0 radical (unpaired) electrons. The Morgan fingerprint density at radius 1 is 1.00 bits per heavy atom. The Hall–Kier alpha value is -2.21. The van der Waals surface area contributed by atoms with Crippen molar-refractivity contribution in [3.8, 4) is 0 Å². The molecule has 0 amide bonds. The molecule has 0 spiro atoms. The minimum atomic E-state index is -4.97. The molecule has 2 heterocycles. The molecule has 1 N–H and O–H groups in total. The third-order valence-electron chi connectivity index (χ3n) is 6.87. The summed E-state index contributed by atoms with van der Waals surface area (Å²) in [5.74, 6) is -1.86. The van der Waals surface area contributed by atoms with Crippen LogP contribution in [0.15, 0.2) is 42.5 Å². The fraction of sp³-hybridized carbons (Fsp3) is 0.538. The number of morpholine rings is 1. The van der Waals surface area contributed by atoms with Gasteiger partial charge in [-0.2, -0.15) is 26.3 Å². The van der Waals surface area contributed by atoms with Gasteiger partial charge < -0.3 is 19.7 Å². The summed E-state index contributed by atoms with van der Waals surface area (Å²) < 4.78 is 107. The van der Waals surface area contributed by atoms with Gasteiger partial charge in [-0.25, -0.2) is 4.39 Å². The molecule has 0 unspecified atom stereocenters. The van der Waals surface area contributed by atoms with E-state index in [9.17, 15) is 30.7 Å². The van der Waals surface area contributed by atoms with Gasteiger partial charge in [-0.3, -0.25) is 0 Å². The van der Waals surface area contributed by atoms with Crippen LogP contribution in [0.1, 0.15) is 60.6 Å². The summed E-state index contributed by atoms with van der Waals surface area (Å²) in [6, 6.07) is 6.51. The zero-order valence-electron chi connectivity index (χ0n) is 20.3. The third kappa shape index (κ3) is 6.63. The van der Waals surface area contributed by atoms with E-state index in [1.165, 1.54) is 19.1 Å². The number of nitrogens with zero attached hydrogens (tertiary/aromatic N) is 1. The van der Waals surface area contributed by atoms with Crippen molar-refractivity contribution in [1.82, 2.24) is 10.2 Å². The first kappa shape index (κ1) is 27.8. The van der Waals surface area contributed by atoms with Crippen molar-refractivity contribution in [1.29, 1.82) is 0 Å². The first-order chi connectivity index (χ1) is 17.4. The van der Waals surface area contributed by atoms with Crippen LogP contribution in [0.3, 0.4) is 0 Å². The largest absolute Gasteiger partial charge is 0.416 e. The lowest BCUT2D eigenvalue weighted by atomic mass is 9.92. The average molecular weight is 535 g/mol. The van der Waals surface area contributed by atoms with Crippen LogP contribution in [0.5, 0.6) is 0 Å². The Bertz CT molecular complexity index is 1020. The Morgan fingerprint density at radius 2 is 1.59 bits per heavy atom. The van der Waals surface area contributed by atoms with Crippen LogP contribution in [0.2, 0.25) is 0 Å². The quantitative estimate of drug-likeness (QED) is 0.412. The summed E-state index contributed by atoms with van der Waals surface area (Å²) in [4.78, 5) is 2.21. The Balaban J connectivity index is 1.71. The second kappa shape index (κ2) is 10.9. The summed E-state index contributed by atoms with van der Waals surface area (Å²) in [6.45, 7) is 4.38. The number of benzene rings is 2. The number of hydrogen-bond donors (Lipinski definition) is 1. The van der Waals surface area contributed by atoms with Crippen molar-refractivity contribution in [2.45, 2.75) is 56.5 Å². The number of nitrogens with one attached hydrogen (secondary N) is 1. The predicted molar refractivity (Wildman–Crippen MR) is 122 cm³/mol. The number of likely N-dealkylation sites (tertiary alicyclic amines) is 1. The number of halogens is 7. The third-order valence-corrected chi connectivity index (χ3v) is 6.87. The van der Waals surface area contributed by atoms with Crippen molar-refractivity contribution < 1.29 is 40.2 Å². The van der Waals surface area contributed by atoms with Crippen LogP contribution in [0.25, 0.3) is 0 Å². The molecule has 37 heavy (non-hydrogen) atoms. The molecule has 2 aromatic rings. The van der Waals surface area contributed by atoms with Gasteiger partial charge in [0.25, 0.3) is 0 Å². The van der Waals surface area contributed by atoms with E-state index in [1.54, 1.807) is 12.1 Å². The maximum Gasteiger partial charge on any atom is 0.416 e. The highest BCUT2D eigenvalue weighted by Crippen LogP contribution is 2.43. The van der Waals surface area contributed by atoms with Crippen LogP contribution in [-0.2, 0) is 21.8 Å². The van der Waals surface area contributed by atoms with Crippen molar-refractivity contribution in [2.24, 2.45) is 0 Å². The number of hydrogen-bond acceptors (Lipinski definition) is 4. The minimum Gasteiger partial charge on any atom is -0.347 e. The van der Waals surface area contributed by atoms with E-state index in [1.807, 2.05) is 0 Å². The summed E-state index contributed by atoms with van der Waals surface area (Å²) in [5, 5.41) is 3.30. The molecule has 2 fully saturated rings. The van der Waals surface area contributed by atoms with Gasteiger partial charge in [0.05, 0.1) is 29.9 Å². The summed E-state index contributed by atoms with van der Waals surface area (Å²) in [5.41, 5.74) is -2.45. The lowest BCUT2D eigenvalue weighted by Crippen LogP contribution is -2.55. The highest BCUT2D eigenvalue weighted by molar-refractivity contribution is 5.35. The standard InChI is InChI=1S/C26H29F7N2O2/c1-17(19-14-20(25(28,29)30)16-21(15-19)26(31,32)33)37-24(8-12-35-10-2-3-11-35)23(34-9-13-36-24)18-4-6-22(27)7-5-18/h4-7,14-17,23,34H,2-3,8-13H2,1H3/t17-,23+,24-/m1/s1. The zero-order chi connectivity index (χ0) is 26.8. The molecule has 0 aliphatic carbocycles. The van der Waals surface area contributed by atoms with E-state index in [2.05, 4.69) is 10.2 Å². The first-order valence-corrected chi connectivity index (χ1v) is 12.2. The van der Waals surface area contributed by atoms with Crippen molar-refractivity contribution in [3.05, 3.63) is 70.5 Å². The highest BCUT2D eigenvalue weighted by atomic mass is 19.4. The molecule has 11 heteroatoms. The molecule has 2 aliphatic heterocycles. The van der Waals surface area contributed by atoms with E-state index < -0.39 is 47.2 Å². The van der Waals surface area contributed by atoms with Gasteiger partial charge in [-0.05, 0) is 74.3 Å². The molecule has 2 aliphatic rings. The molecule has 4 rings (SSSR count). The minimum absolute atomic E-state index is 0.0966. The fourth-order valence-corrected chi connectivity index (χ4v) is 4.97. The molecule has 4 nitrogen and oxygen atoms in total. The van der Waals surface area contributed by atoms with Gasteiger partial charge in [0.15, 0.2) is 5.79 Å². The molecular formula is C26H29F7N2O2. The van der Waals surface area contributed by atoms with Gasteiger partial charge in [0.1, 0.15) is 5.82 Å². The Morgan fingerprint density at radius 3 is 2.16 bits per heavy atom. The summed E-state index contributed by atoms with van der Waals surface area (Å²) in [6.07, 6.45) is -8.74. The average Bonchev–Trinajstić information content (AvgIpc) is 3.36. The molecule has 0 saturated carbocycles. The van der Waals surface area contributed by atoms with E-state index in [0.717, 1.165) is 25.9 Å². The SMILES string of the molecule is C[C@@H](O[C@@]1(CCN2CCCC2)OCCN[C@H]1c1ccc(F)cc1)c1cc(C(F)(F)F)cc(C(F)(F)F)c1. The number of ether oxygens (including phenoxy) is 2. The van der Waals surface area contributed by atoms with Crippen molar-refractivity contribution >= 4 is 0 Å². The molecule has 204 valence electrons.